The maximum absolute atomic E-state index is 13.1. The molecule has 0 amide bonds. The van der Waals surface area contributed by atoms with Crippen LogP contribution < -0.4 is 4.74 Å². The van der Waals surface area contributed by atoms with Crippen molar-refractivity contribution in [2.24, 2.45) is 5.92 Å². The van der Waals surface area contributed by atoms with Gasteiger partial charge in [0.25, 0.3) is 0 Å². The summed E-state index contributed by atoms with van der Waals surface area (Å²) in [6.45, 7) is -0.920. The van der Waals surface area contributed by atoms with Gasteiger partial charge in [-0.25, -0.2) is 0 Å². The molecule has 4 rings (SSSR count). The number of carbonyl (C=O) groups excluding carboxylic acids is 3. The summed E-state index contributed by atoms with van der Waals surface area (Å²) in [7, 11) is 1.38. The van der Waals surface area contributed by atoms with Crippen molar-refractivity contribution in [3.05, 3.63) is 63.7 Å². The molecule has 0 fully saturated rings. The van der Waals surface area contributed by atoms with Gasteiger partial charge in [-0.15, -0.1) is 0 Å². The zero-order valence-electron chi connectivity index (χ0n) is 15.3. The van der Waals surface area contributed by atoms with Crippen molar-refractivity contribution >= 4 is 17.3 Å². The van der Waals surface area contributed by atoms with Gasteiger partial charge in [-0.2, -0.15) is 0 Å². The summed E-state index contributed by atoms with van der Waals surface area (Å²) < 4.78 is 5.20. The summed E-state index contributed by atoms with van der Waals surface area (Å²) in [4.78, 5) is 38.1. The molecule has 2 aliphatic carbocycles. The molecule has 0 spiro atoms. The summed E-state index contributed by atoms with van der Waals surface area (Å²) in [5, 5.41) is 40.5. The second-order valence-corrected chi connectivity index (χ2v) is 7.10. The molecule has 0 bridgehead atoms. The highest BCUT2D eigenvalue weighted by Gasteiger charge is 2.46. The molecule has 0 radical (unpaired) electrons. The third kappa shape index (κ3) is 2.65. The fraction of sp³-hybridized carbons (Fsp3) is 0.286. The summed E-state index contributed by atoms with van der Waals surface area (Å²) in [6.07, 6.45) is -4.81. The first kappa shape index (κ1) is 19.4. The molecule has 8 nitrogen and oxygen atoms in total. The molecule has 0 heterocycles. The molecular weight excluding hydrogens is 380 g/mol. The molecule has 4 N–H and O–H groups in total. The number of hydrogen-bond donors (Lipinski definition) is 4. The maximum atomic E-state index is 13.1. The predicted octanol–water partition coefficient (Wildman–Crippen LogP) is 0.0895. The quantitative estimate of drug-likeness (QED) is 0.486. The van der Waals surface area contributed by atoms with Gasteiger partial charge in [-0.3, -0.25) is 14.4 Å². The number of fused-ring (bicyclic) bond motifs is 3. The third-order valence-corrected chi connectivity index (χ3v) is 5.63. The Morgan fingerprint density at radius 2 is 1.59 bits per heavy atom. The fourth-order valence-electron chi connectivity index (χ4n) is 4.16. The van der Waals surface area contributed by atoms with Crippen LogP contribution in [0.1, 0.15) is 55.2 Å². The molecule has 0 aromatic heterocycles. The van der Waals surface area contributed by atoms with Crippen LogP contribution in [0.4, 0.5) is 0 Å². The minimum atomic E-state index is -1.67. The van der Waals surface area contributed by atoms with E-state index in [-0.39, 0.29) is 39.1 Å². The Morgan fingerprint density at radius 1 is 0.966 bits per heavy atom. The van der Waals surface area contributed by atoms with E-state index >= 15 is 0 Å². The molecule has 2 aromatic rings. The van der Waals surface area contributed by atoms with Gasteiger partial charge in [0.05, 0.1) is 30.8 Å². The number of ketones is 3. The van der Waals surface area contributed by atoms with Crippen LogP contribution in [0.5, 0.6) is 5.75 Å². The zero-order chi connectivity index (χ0) is 21.0. The lowest BCUT2D eigenvalue weighted by molar-refractivity contribution is -0.143. The highest BCUT2D eigenvalue weighted by atomic mass is 16.5. The van der Waals surface area contributed by atoms with Crippen molar-refractivity contribution < 1.29 is 39.5 Å². The lowest BCUT2D eigenvalue weighted by Crippen LogP contribution is -2.43. The number of benzene rings is 2. The number of ether oxygens (including phenoxy) is 1. The number of hydrogen-bond acceptors (Lipinski definition) is 8. The number of methoxy groups -OCH3 is 1. The topological polar surface area (TPSA) is 141 Å². The Balaban J connectivity index is 1.92. The maximum Gasteiger partial charge on any atom is 0.198 e. The lowest BCUT2D eigenvalue weighted by Gasteiger charge is -2.37. The van der Waals surface area contributed by atoms with Gasteiger partial charge in [0.15, 0.2) is 17.3 Å². The minimum Gasteiger partial charge on any atom is -0.496 e. The van der Waals surface area contributed by atoms with E-state index in [1.807, 2.05) is 0 Å². The molecule has 0 aliphatic heterocycles. The van der Waals surface area contributed by atoms with Crippen molar-refractivity contribution in [2.75, 3.05) is 13.7 Å². The molecule has 150 valence electrons. The average molecular weight is 398 g/mol. The molecular formula is C21H18O8. The Hall–Kier alpha value is -2.91. The lowest BCUT2D eigenvalue weighted by atomic mass is 9.72. The molecule has 8 heteroatoms. The van der Waals surface area contributed by atoms with Gasteiger partial charge in [-0.05, 0) is 29.3 Å². The zero-order valence-corrected chi connectivity index (χ0v) is 15.3. The van der Waals surface area contributed by atoms with E-state index in [9.17, 15) is 29.7 Å². The Kier molecular flexibility index (Phi) is 4.59. The van der Waals surface area contributed by atoms with Crippen LogP contribution in [0.25, 0.3) is 0 Å². The van der Waals surface area contributed by atoms with Crippen LogP contribution in [-0.2, 0) is 4.79 Å². The molecule has 4 atom stereocenters. The highest BCUT2D eigenvalue weighted by Crippen LogP contribution is 2.44. The monoisotopic (exact) mass is 398 g/mol. The second-order valence-electron chi connectivity index (χ2n) is 7.10. The second kappa shape index (κ2) is 6.85. The van der Waals surface area contributed by atoms with Crippen LogP contribution in [0.15, 0.2) is 30.3 Å². The Bertz CT molecular complexity index is 1060. The van der Waals surface area contributed by atoms with E-state index < -0.39 is 48.2 Å². The molecule has 4 unspecified atom stereocenters. The molecule has 2 aromatic carbocycles. The van der Waals surface area contributed by atoms with E-state index in [2.05, 4.69) is 0 Å². The first-order valence-corrected chi connectivity index (χ1v) is 8.93. The van der Waals surface area contributed by atoms with Crippen LogP contribution in [0.3, 0.4) is 0 Å². The third-order valence-electron chi connectivity index (χ3n) is 5.63. The SMILES string of the molecule is COc1cccc2c1C(=O)c1cc3c(cc1C2=O)C(O)C(C(=O)CO)C(O)C3O. The van der Waals surface area contributed by atoms with E-state index in [4.69, 9.17) is 9.84 Å². The number of aliphatic hydroxyl groups is 4. The first-order chi connectivity index (χ1) is 13.8. The molecule has 0 saturated carbocycles. The van der Waals surface area contributed by atoms with Gasteiger partial charge in [0.2, 0.25) is 0 Å². The van der Waals surface area contributed by atoms with Crippen LogP contribution in [0.2, 0.25) is 0 Å². The van der Waals surface area contributed by atoms with Crippen LogP contribution in [-0.4, -0.2) is 57.6 Å². The van der Waals surface area contributed by atoms with Gasteiger partial charge in [0.1, 0.15) is 18.5 Å². The van der Waals surface area contributed by atoms with Gasteiger partial charge >= 0.3 is 0 Å². The van der Waals surface area contributed by atoms with E-state index in [0.29, 0.717) is 0 Å². The van der Waals surface area contributed by atoms with Crippen molar-refractivity contribution in [1.82, 2.24) is 0 Å². The number of carbonyl (C=O) groups is 3. The van der Waals surface area contributed by atoms with Crippen molar-refractivity contribution in [2.45, 2.75) is 18.3 Å². The van der Waals surface area contributed by atoms with Gasteiger partial charge < -0.3 is 25.2 Å². The van der Waals surface area contributed by atoms with Crippen LogP contribution in [0, 0.1) is 5.92 Å². The Labute approximate surface area is 165 Å². The van der Waals surface area contributed by atoms with E-state index in [1.165, 1.54) is 25.3 Å². The average Bonchev–Trinajstić information content (AvgIpc) is 2.74. The molecule has 0 saturated heterocycles. The predicted molar refractivity (Wildman–Crippen MR) is 97.8 cm³/mol. The van der Waals surface area contributed by atoms with Crippen molar-refractivity contribution in [3.63, 3.8) is 0 Å². The normalized spacial score (nSPS) is 25.1. The standard InChI is InChI=1S/C21H18O8/c1-29-14-4-2-3-8-15(14)18(25)10-6-12-11(5-9(10)17(8)24)19(26)16(13(23)7-22)21(28)20(12)27/h2-6,16,19-22,26-28H,7H2,1H3. The van der Waals surface area contributed by atoms with Gasteiger partial charge in [-0.1, -0.05) is 12.1 Å². The minimum absolute atomic E-state index is 0.0103. The fourth-order valence-corrected chi connectivity index (χ4v) is 4.16. The van der Waals surface area contributed by atoms with Crippen LogP contribution >= 0.6 is 0 Å². The summed E-state index contributed by atoms with van der Waals surface area (Å²) >= 11 is 0. The smallest absolute Gasteiger partial charge is 0.198 e. The number of Topliss-reactive ketones (excluding diaryl/α,β-unsaturated/α-hetero) is 1. The number of aliphatic hydroxyl groups excluding tert-OH is 4. The van der Waals surface area contributed by atoms with Gasteiger partial charge in [0, 0.05) is 16.7 Å². The number of rotatable bonds is 3. The van der Waals surface area contributed by atoms with E-state index in [0.717, 1.165) is 0 Å². The summed E-state index contributed by atoms with van der Waals surface area (Å²) in [6, 6.07) is 7.16. The largest absolute Gasteiger partial charge is 0.496 e. The molecule has 29 heavy (non-hydrogen) atoms. The van der Waals surface area contributed by atoms with E-state index in [1.54, 1.807) is 12.1 Å². The van der Waals surface area contributed by atoms with Crippen molar-refractivity contribution in [1.29, 1.82) is 0 Å². The highest BCUT2D eigenvalue weighted by molar-refractivity contribution is 6.29. The Morgan fingerprint density at radius 3 is 2.21 bits per heavy atom. The first-order valence-electron chi connectivity index (χ1n) is 8.93. The van der Waals surface area contributed by atoms with Crippen molar-refractivity contribution in [3.8, 4) is 5.75 Å². The molecule has 2 aliphatic rings. The summed E-state index contributed by atoms with van der Waals surface area (Å²) in [5.41, 5.74) is 0.386. The summed E-state index contributed by atoms with van der Waals surface area (Å²) in [5.74, 6) is -3.01.